The lowest BCUT2D eigenvalue weighted by molar-refractivity contribution is 0.412. The molecule has 0 bridgehead atoms. The summed E-state index contributed by atoms with van der Waals surface area (Å²) in [7, 11) is 0. The van der Waals surface area contributed by atoms with E-state index in [1.807, 2.05) is 6.20 Å². The van der Waals surface area contributed by atoms with Crippen LogP contribution in [-0.4, -0.2) is 41.1 Å². The summed E-state index contributed by atoms with van der Waals surface area (Å²) >= 11 is 0. The maximum Gasteiger partial charge on any atom is 0.139 e. The SMILES string of the molecule is Cc1ccc(N2CCN(c3ccc(-c4nc(C5CCC5)c[nH]4)cn3)CC2)cc1. The van der Waals surface area contributed by atoms with Crippen LogP contribution in [0.15, 0.2) is 48.8 Å². The minimum Gasteiger partial charge on any atom is -0.368 e. The molecule has 28 heavy (non-hydrogen) atoms. The fraction of sp³-hybridized carbons (Fsp3) is 0.391. The largest absolute Gasteiger partial charge is 0.368 e. The van der Waals surface area contributed by atoms with Crippen molar-refractivity contribution in [2.75, 3.05) is 36.0 Å². The number of nitrogens with zero attached hydrogens (tertiary/aromatic N) is 4. The zero-order valence-electron chi connectivity index (χ0n) is 16.4. The summed E-state index contributed by atoms with van der Waals surface area (Å²) in [5, 5.41) is 0. The molecule has 0 atom stereocenters. The molecule has 2 fully saturated rings. The van der Waals surface area contributed by atoms with E-state index in [2.05, 4.69) is 64.3 Å². The Hall–Kier alpha value is -2.82. The number of H-pyrrole nitrogens is 1. The van der Waals surface area contributed by atoms with Crippen LogP contribution in [0.4, 0.5) is 11.5 Å². The fourth-order valence-electron chi connectivity index (χ4n) is 4.06. The molecule has 5 heteroatoms. The first-order chi connectivity index (χ1) is 13.8. The highest BCUT2D eigenvalue weighted by Crippen LogP contribution is 2.36. The zero-order chi connectivity index (χ0) is 18.9. The number of aromatic amines is 1. The fourth-order valence-corrected chi connectivity index (χ4v) is 4.06. The van der Waals surface area contributed by atoms with Crippen molar-refractivity contribution in [1.82, 2.24) is 15.0 Å². The Morgan fingerprint density at radius 2 is 1.68 bits per heavy atom. The highest BCUT2D eigenvalue weighted by atomic mass is 15.3. The normalized spacial score (nSPS) is 17.6. The molecule has 144 valence electrons. The number of anilines is 2. The second kappa shape index (κ2) is 7.30. The van der Waals surface area contributed by atoms with Crippen LogP contribution in [0.1, 0.15) is 36.4 Å². The molecule has 5 nitrogen and oxygen atoms in total. The van der Waals surface area contributed by atoms with Gasteiger partial charge in [-0.2, -0.15) is 0 Å². The molecule has 5 rings (SSSR count). The van der Waals surface area contributed by atoms with Gasteiger partial charge in [0, 0.05) is 55.7 Å². The quantitative estimate of drug-likeness (QED) is 0.737. The monoisotopic (exact) mass is 373 g/mol. The van der Waals surface area contributed by atoms with Gasteiger partial charge in [0.25, 0.3) is 0 Å². The number of nitrogens with one attached hydrogen (secondary N) is 1. The van der Waals surface area contributed by atoms with E-state index in [-0.39, 0.29) is 0 Å². The summed E-state index contributed by atoms with van der Waals surface area (Å²) in [4.78, 5) is 17.7. The molecule has 1 saturated carbocycles. The van der Waals surface area contributed by atoms with Crippen molar-refractivity contribution in [1.29, 1.82) is 0 Å². The van der Waals surface area contributed by atoms with E-state index in [1.54, 1.807) is 0 Å². The predicted molar refractivity (Wildman–Crippen MR) is 114 cm³/mol. The molecule has 1 aromatic carbocycles. The first kappa shape index (κ1) is 17.3. The van der Waals surface area contributed by atoms with Gasteiger partial charge in [0.05, 0.1) is 5.69 Å². The number of pyridine rings is 1. The van der Waals surface area contributed by atoms with Gasteiger partial charge in [0.2, 0.25) is 0 Å². The molecule has 1 aliphatic carbocycles. The number of hydrogen-bond acceptors (Lipinski definition) is 4. The van der Waals surface area contributed by atoms with Crippen molar-refractivity contribution in [3.05, 3.63) is 60.0 Å². The molecule has 0 spiro atoms. The Morgan fingerprint density at radius 1 is 0.929 bits per heavy atom. The first-order valence-corrected chi connectivity index (χ1v) is 10.3. The number of aryl methyl sites for hydroxylation is 1. The van der Waals surface area contributed by atoms with E-state index in [0.717, 1.165) is 43.4 Å². The van der Waals surface area contributed by atoms with Gasteiger partial charge in [-0.05, 0) is 44.0 Å². The Labute approximate surface area is 166 Å². The maximum atomic E-state index is 4.78. The maximum absolute atomic E-state index is 4.78. The Bertz CT molecular complexity index is 916. The lowest BCUT2D eigenvalue weighted by Gasteiger charge is -2.36. The molecule has 0 radical (unpaired) electrons. The minimum atomic E-state index is 0.655. The summed E-state index contributed by atoms with van der Waals surface area (Å²) < 4.78 is 0. The van der Waals surface area contributed by atoms with Crippen molar-refractivity contribution in [3.8, 4) is 11.4 Å². The summed E-state index contributed by atoms with van der Waals surface area (Å²) in [5.74, 6) is 2.64. The molecular formula is C23H27N5. The Balaban J connectivity index is 1.23. The highest BCUT2D eigenvalue weighted by Gasteiger charge is 2.22. The van der Waals surface area contributed by atoms with Crippen LogP contribution in [0.25, 0.3) is 11.4 Å². The number of imidazole rings is 1. The van der Waals surface area contributed by atoms with Gasteiger partial charge in [0.15, 0.2) is 0 Å². The number of piperazine rings is 1. The lowest BCUT2D eigenvalue weighted by Crippen LogP contribution is -2.46. The lowest BCUT2D eigenvalue weighted by atomic mass is 9.83. The summed E-state index contributed by atoms with van der Waals surface area (Å²) in [6.45, 7) is 6.17. The van der Waals surface area contributed by atoms with Crippen molar-refractivity contribution < 1.29 is 0 Å². The number of hydrogen-bond donors (Lipinski definition) is 1. The summed E-state index contributed by atoms with van der Waals surface area (Å²) in [5.41, 5.74) is 4.89. The van der Waals surface area contributed by atoms with Crippen molar-refractivity contribution in [2.45, 2.75) is 32.1 Å². The molecule has 1 saturated heterocycles. The van der Waals surface area contributed by atoms with Crippen LogP contribution < -0.4 is 9.80 Å². The third-order valence-electron chi connectivity index (χ3n) is 6.15. The smallest absolute Gasteiger partial charge is 0.139 e. The number of aromatic nitrogens is 3. The van der Waals surface area contributed by atoms with E-state index >= 15 is 0 Å². The average Bonchev–Trinajstić information content (AvgIpc) is 3.17. The van der Waals surface area contributed by atoms with Crippen LogP contribution in [0.3, 0.4) is 0 Å². The van der Waals surface area contributed by atoms with Gasteiger partial charge >= 0.3 is 0 Å². The van der Waals surface area contributed by atoms with Gasteiger partial charge in [0.1, 0.15) is 11.6 Å². The third-order valence-corrected chi connectivity index (χ3v) is 6.15. The molecule has 0 amide bonds. The zero-order valence-corrected chi connectivity index (χ0v) is 16.4. The van der Waals surface area contributed by atoms with Gasteiger partial charge in [-0.25, -0.2) is 9.97 Å². The van der Waals surface area contributed by atoms with E-state index in [9.17, 15) is 0 Å². The Morgan fingerprint density at radius 3 is 2.32 bits per heavy atom. The molecule has 1 aliphatic heterocycles. The van der Waals surface area contributed by atoms with Crippen LogP contribution in [0.2, 0.25) is 0 Å². The van der Waals surface area contributed by atoms with Crippen molar-refractivity contribution in [2.24, 2.45) is 0 Å². The molecule has 3 aromatic rings. The molecule has 2 aliphatic rings. The molecule has 3 heterocycles. The Kier molecular flexibility index (Phi) is 4.51. The summed E-state index contributed by atoms with van der Waals surface area (Å²) in [6, 6.07) is 13.1. The van der Waals surface area contributed by atoms with Crippen molar-refractivity contribution >= 4 is 11.5 Å². The standard InChI is InChI=1S/C23H27N5/c1-17-5-8-20(9-6-17)27-11-13-28(14-12-27)22-10-7-19(15-24-22)23-25-16-21(26-23)18-3-2-4-18/h5-10,15-16,18H,2-4,11-14H2,1H3,(H,25,26). The molecule has 0 unspecified atom stereocenters. The van der Waals surface area contributed by atoms with Crippen LogP contribution in [0, 0.1) is 6.92 Å². The van der Waals surface area contributed by atoms with Crippen molar-refractivity contribution in [3.63, 3.8) is 0 Å². The van der Waals surface area contributed by atoms with Crippen LogP contribution in [-0.2, 0) is 0 Å². The summed E-state index contributed by atoms with van der Waals surface area (Å²) in [6.07, 6.45) is 7.90. The number of rotatable bonds is 4. The average molecular weight is 374 g/mol. The molecular weight excluding hydrogens is 346 g/mol. The first-order valence-electron chi connectivity index (χ1n) is 10.3. The van der Waals surface area contributed by atoms with Gasteiger partial charge < -0.3 is 14.8 Å². The topological polar surface area (TPSA) is 48.0 Å². The highest BCUT2D eigenvalue weighted by molar-refractivity contribution is 5.57. The third kappa shape index (κ3) is 3.37. The second-order valence-corrected chi connectivity index (χ2v) is 8.02. The number of benzene rings is 1. The van der Waals surface area contributed by atoms with Gasteiger partial charge in [-0.1, -0.05) is 24.1 Å². The molecule has 1 N–H and O–H groups in total. The van der Waals surface area contributed by atoms with E-state index in [4.69, 9.17) is 9.97 Å². The van der Waals surface area contributed by atoms with E-state index < -0.39 is 0 Å². The van der Waals surface area contributed by atoms with Gasteiger partial charge in [-0.15, -0.1) is 0 Å². The molecule has 2 aromatic heterocycles. The van der Waals surface area contributed by atoms with Crippen LogP contribution >= 0.6 is 0 Å². The van der Waals surface area contributed by atoms with E-state index in [0.29, 0.717) is 5.92 Å². The predicted octanol–water partition coefficient (Wildman–Crippen LogP) is 4.37. The van der Waals surface area contributed by atoms with E-state index in [1.165, 1.54) is 36.2 Å². The minimum absolute atomic E-state index is 0.655. The van der Waals surface area contributed by atoms with Gasteiger partial charge in [-0.3, -0.25) is 0 Å². The van der Waals surface area contributed by atoms with Crippen LogP contribution in [0.5, 0.6) is 0 Å². The second-order valence-electron chi connectivity index (χ2n) is 8.02.